The quantitative estimate of drug-likeness (QED) is 0.665. The molecule has 4 nitrogen and oxygen atoms in total. The van der Waals surface area contributed by atoms with Crippen molar-refractivity contribution < 1.29 is 5.11 Å². The van der Waals surface area contributed by atoms with Crippen molar-refractivity contribution in [1.82, 2.24) is 4.98 Å². The molecule has 0 aliphatic rings. The van der Waals surface area contributed by atoms with Gasteiger partial charge in [-0.2, -0.15) is 5.26 Å². The highest BCUT2D eigenvalue weighted by Crippen LogP contribution is 2.27. The van der Waals surface area contributed by atoms with Crippen LogP contribution in [-0.4, -0.2) is 30.3 Å². The standard InChI is InChI=1S/C21H19N3OS/c1-24(11-12-25)19-9-7-16(8-10-19)13-18(14-22)21-23-20(15-26-21)17-5-3-2-4-6-17/h2-10,13,15,25H,11-12H2,1H3/b18-13+. The number of aliphatic hydroxyl groups excluding tert-OH is 1. The molecule has 1 heterocycles. The first kappa shape index (κ1) is 17.9. The number of nitriles is 1. The van der Waals surface area contributed by atoms with Crippen LogP contribution >= 0.6 is 11.3 Å². The minimum Gasteiger partial charge on any atom is -0.395 e. The molecular weight excluding hydrogens is 342 g/mol. The zero-order chi connectivity index (χ0) is 18.4. The molecule has 1 aromatic heterocycles. The van der Waals surface area contributed by atoms with Gasteiger partial charge in [0, 0.05) is 30.2 Å². The molecule has 0 saturated carbocycles. The lowest BCUT2D eigenvalue weighted by Crippen LogP contribution is -2.20. The van der Waals surface area contributed by atoms with E-state index in [1.807, 2.05) is 78.0 Å². The van der Waals surface area contributed by atoms with Gasteiger partial charge in [-0.15, -0.1) is 11.3 Å². The Hall–Kier alpha value is -2.94. The second-order valence-electron chi connectivity index (χ2n) is 5.81. The van der Waals surface area contributed by atoms with Gasteiger partial charge in [0.05, 0.1) is 17.9 Å². The Morgan fingerprint density at radius 1 is 1.19 bits per heavy atom. The van der Waals surface area contributed by atoms with Gasteiger partial charge in [-0.3, -0.25) is 0 Å². The van der Waals surface area contributed by atoms with E-state index in [0.29, 0.717) is 17.1 Å². The maximum Gasteiger partial charge on any atom is 0.134 e. The minimum atomic E-state index is 0.116. The molecule has 26 heavy (non-hydrogen) atoms. The Morgan fingerprint density at radius 2 is 1.92 bits per heavy atom. The van der Waals surface area contributed by atoms with Crippen molar-refractivity contribution in [3.63, 3.8) is 0 Å². The first-order chi connectivity index (χ1) is 12.7. The third kappa shape index (κ3) is 4.17. The van der Waals surface area contributed by atoms with E-state index in [0.717, 1.165) is 22.5 Å². The molecule has 3 aromatic rings. The maximum atomic E-state index is 9.55. The molecule has 130 valence electrons. The third-order valence-corrected chi connectivity index (χ3v) is 4.88. The Morgan fingerprint density at radius 3 is 2.58 bits per heavy atom. The van der Waals surface area contributed by atoms with Crippen molar-refractivity contribution in [1.29, 1.82) is 5.26 Å². The highest BCUT2D eigenvalue weighted by atomic mass is 32.1. The summed E-state index contributed by atoms with van der Waals surface area (Å²) in [6, 6.07) is 20.1. The molecule has 2 aromatic carbocycles. The number of thiazole rings is 1. The van der Waals surface area contributed by atoms with Crippen LogP contribution in [0.15, 0.2) is 60.0 Å². The van der Waals surface area contributed by atoms with Gasteiger partial charge >= 0.3 is 0 Å². The Kier molecular flexibility index (Phi) is 5.80. The Labute approximate surface area is 157 Å². The van der Waals surface area contributed by atoms with Crippen molar-refractivity contribution in [2.45, 2.75) is 0 Å². The van der Waals surface area contributed by atoms with Gasteiger partial charge in [-0.05, 0) is 23.8 Å². The van der Waals surface area contributed by atoms with E-state index < -0.39 is 0 Å². The van der Waals surface area contributed by atoms with E-state index in [1.165, 1.54) is 11.3 Å². The van der Waals surface area contributed by atoms with Gasteiger partial charge in [0.2, 0.25) is 0 Å². The number of likely N-dealkylation sites (N-methyl/N-ethyl adjacent to an activating group) is 1. The van der Waals surface area contributed by atoms with Crippen molar-refractivity contribution in [2.75, 3.05) is 25.1 Å². The zero-order valence-corrected chi connectivity index (χ0v) is 15.3. The highest BCUT2D eigenvalue weighted by Gasteiger charge is 2.09. The molecule has 3 rings (SSSR count). The molecule has 1 N–H and O–H groups in total. The average Bonchev–Trinajstić information content (AvgIpc) is 3.17. The highest BCUT2D eigenvalue weighted by molar-refractivity contribution is 7.11. The lowest BCUT2D eigenvalue weighted by atomic mass is 10.1. The molecule has 0 atom stereocenters. The summed E-state index contributed by atoms with van der Waals surface area (Å²) < 4.78 is 0. The number of benzene rings is 2. The van der Waals surface area contributed by atoms with Gasteiger partial charge in [0.25, 0.3) is 0 Å². The van der Waals surface area contributed by atoms with Crippen LogP contribution in [0.25, 0.3) is 22.9 Å². The topological polar surface area (TPSA) is 60.1 Å². The fraction of sp³-hybridized carbons (Fsp3) is 0.143. The van der Waals surface area contributed by atoms with Gasteiger partial charge in [0.1, 0.15) is 11.1 Å². The first-order valence-electron chi connectivity index (χ1n) is 8.26. The average molecular weight is 361 g/mol. The summed E-state index contributed by atoms with van der Waals surface area (Å²) in [6.45, 7) is 0.699. The van der Waals surface area contributed by atoms with Crippen LogP contribution in [0.2, 0.25) is 0 Å². The Balaban J connectivity index is 1.83. The monoisotopic (exact) mass is 361 g/mol. The molecular formula is C21H19N3OS. The van der Waals surface area contributed by atoms with E-state index in [2.05, 4.69) is 11.1 Å². The van der Waals surface area contributed by atoms with Crippen LogP contribution in [0.5, 0.6) is 0 Å². The van der Waals surface area contributed by atoms with Crippen LogP contribution < -0.4 is 4.90 Å². The molecule has 0 fully saturated rings. The Bertz CT molecular complexity index is 924. The van der Waals surface area contributed by atoms with Crippen molar-refractivity contribution in [2.24, 2.45) is 0 Å². The number of hydrogen-bond donors (Lipinski definition) is 1. The largest absolute Gasteiger partial charge is 0.395 e. The predicted molar refractivity (Wildman–Crippen MR) is 108 cm³/mol. The smallest absolute Gasteiger partial charge is 0.134 e. The number of aromatic nitrogens is 1. The molecule has 0 aliphatic heterocycles. The summed E-state index contributed by atoms with van der Waals surface area (Å²) in [6.07, 6.45) is 1.85. The lowest BCUT2D eigenvalue weighted by Gasteiger charge is -2.17. The normalized spacial score (nSPS) is 11.2. The fourth-order valence-electron chi connectivity index (χ4n) is 2.55. The molecule has 0 amide bonds. The van der Waals surface area contributed by atoms with Gasteiger partial charge in [0.15, 0.2) is 0 Å². The van der Waals surface area contributed by atoms with Crippen LogP contribution in [0, 0.1) is 11.3 Å². The molecule has 5 heteroatoms. The predicted octanol–water partition coefficient (Wildman–Crippen LogP) is 4.30. The summed E-state index contributed by atoms with van der Waals surface area (Å²) in [5, 5.41) is 21.3. The molecule has 0 saturated heterocycles. The maximum absolute atomic E-state index is 9.55. The number of nitrogens with zero attached hydrogens (tertiary/aromatic N) is 3. The first-order valence-corrected chi connectivity index (χ1v) is 9.14. The van der Waals surface area contributed by atoms with Crippen LogP contribution in [0.3, 0.4) is 0 Å². The lowest BCUT2D eigenvalue weighted by molar-refractivity contribution is 0.304. The molecule has 0 unspecified atom stereocenters. The third-order valence-electron chi connectivity index (χ3n) is 4.00. The SMILES string of the molecule is CN(CCO)c1ccc(/C=C(\C#N)c2nc(-c3ccccc3)cs2)cc1. The number of allylic oxidation sites excluding steroid dienone is 1. The van der Waals surface area contributed by atoms with Gasteiger partial charge in [-0.25, -0.2) is 4.98 Å². The van der Waals surface area contributed by atoms with Crippen molar-refractivity contribution in [3.05, 3.63) is 70.5 Å². The molecule has 0 bridgehead atoms. The number of aliphatic hydroxyl groups is 1. The summed E-state index contributed by atoms with van der Waals surface area (Å²) in [7, 11) is 1.93. The second kappa shape index (κ2) is 8.43. The van der Waals surface area contributed by atoms with Gasteiger partial charge < -0.3 is 10.0 Å². The minimum absolute atomic E-state index is 0.116. The fourth-order valence-corrected chi connectivity index (χ4v) is 3.35. The van der Waals surface area contributed by atoms with Crippen LogP contribution in [-0.2, 0) is 0 Å². The van der Waals surface area contributed by atoms with E-state index in [-0.39, 0.29) is 6.61 Å². The molecule has 0 aliphatic carbocycles. The molecule has 0 spiro atoms. The molecule has 0 radical (unpaired) electrons. The second-order valence-corrected chi connectivity index (χ2v) is 6.67. The van der Waals surface area contributed by atoms with E-state index in [9.17, 15) is 5.26 Å². The van der Waals surface area contributed by atoms with Crippen molar-refractivity contribution in [3.8, 4) is 17.3 Å². The summed E-state index contributed by atoms with van der Waals surface area (Å²) in [5.41, 5.74) is 4.44. The van der Waals surface area contributed by atoms with Crippen LogP contribution in [0.1, 0.15) is 10.6 Å². The van der Waals surface area contributed by atoms with Crippen molar-refractivity contribution >= 4 is 28.7 Å². The summed E-state index contributed by atoms with van der Waals surface area (Å²) in [4.78, 5) is 6.59. The van der Waals surface area contributed by atoms with Crippen LogP contribution in [0.4, 0.5) is 5.69 Å². The summed E-state index contributed by atoms with van der Waals surface area (Å²) in [5.74, 6) is 0. The number of anilines is 1. The van der Waals surface area contributed by atoms with E-state index in [4.69, 9.17) is 5.11 Å². The van der Waals surface area contributed by atoms with Gasteiger partial charge in [-0.1, -0.05) is 42.5 Å². The number of rotatable bonds is 6. The summed E-state index contributed by atoms with van der Waals surface area (Å²) >= 11 is 1.47. The number of hydrogen-bond acceptors (Lipinski definition) is 5. The van der Waals surface area contributed by atoms with E-state index in [1.54, 1.807) is 0 Å². The zero-order valence-electron chi connectivity index (χ0n) is 14.5. The van der Waals surface area contributed by atoms with E-state index >= 15 is 0 Å².